The third-order valence-electron chi connectivity index (χ3n) is 5.47. The van der Waals surface area contributed by atoms with Gasteiger partial charge in [-0.15, -0.1) is 0 Å². The zero-order chi connectivity index (χ0) is 19.8. The number of hydrogen-bond acceptors (Lipinski definition) is 6. The van der Waals surface area contributed by atoms with Crippen LogP contribution in [-0.4, -0.2) is 48.7 Å². The van der Waals surface area contributed by atoms with Crippen molar-refractivity contribution in [2.75, 3.05) is 25.0 Å². The number of benzene rings is 2. The molecule has 1 aliphatic heterocycles. The predicted octanol–water partition coefficient (Wildman–Crippen LogP) is 2.61. The highest BCUT2D eigenvalue weighted by Gasteiger charge is 2.24. The van der Waals surface area contributed by atoms with E-state index in [1.54, 1.807) is 0 Å². The number of carbonyl (C=O) groups is 1. The van der Waals surface area contributed by atoms with E-state index in [0.29, 0.717) is 12.2 Å². The Bertz CT molecular complexity index is 1230. The van der Waals surface area contributed by atoms with Crippen molar-refractivity contribution in [3.8, 4) is 0 Å². The van der Waals surface area contributed by atoms with Gasteiger partial charge in [0.05, 0.1) is 35.0 Å². The molecule has 2 aromatic heterocycles. The van der Waals surface area contributed by atoms with Gasteiger partial charge in [0.25, 0.3) is 0 Å². The van der Waals surface area contributed by atoms with Crippen LogP contribution in [0.5, 0.6) is 0 Å². The topological polar surface area (TPSA) is 95.9 Å². The summed E-state index contributed by atoms with van der Waals surface area (Å²) in [6.45, 7) is 1.86. The monoisotopic (exact) mass is 408 g/mol. The molecule has 3 heterocycles. The van der Waals surface area contributed by atoms with Crippen LogP contribution in [0, 0.1) is 0 Å². The fourth-order valence-corrected chi connectivity index (χ4v) is 4.62. The van der Waals surface area contributed by atoms with E-state index in [4.69, 9.17) is 0 Å². The zero-order valence-corrected chi connectivity index (χ0v) is 16.5. The van der Waals surface area contributed by atoms with Gasteiger partial charge in [-0.1, -0.05) is 18.2 Å². The number of rotatable bonds is 4. The van der Waals surface area contributed by atoms with Crippen LogP contribution >= 0.6 is 11.7 Å². The van der Waals surface area contributed by atoms with Crippen LogP contribution in [0.4, 0.5) is 5.69 Å². The smallest absolute Gasteiger partial charge is 0.323 e. The molecule has 2 N–H and O–H groups in total. The van der Waals surface area contributed by atoms with Crippen LogP contribution in [0.25, 0.3) is 22.1 Å². The summed E-state index contributed by atoms with van der Waals surface area (Å²) in [6.07, 6.45) is 1.67. The Hall–Kier alpha value is -3.04. The molecule has 0 aliphatic carbocycles. The van der Waals surface area contributed by atoms with Gasteiger partial charge in [0.1, 0.15) is 11.0 Å². The number of likely N-dealkylation sites (tertiary alicyclic amines) is 1. The Labute approximate surface area is 170 Å². The van der Waals surface area contributed by atoms with Gasteiger partial charge in [-0.05, 0) is 37.1 Å². The average Bonchev–Trinajstić information content (AvgIpc) is 3.33. The number of carbonyl (C=O) groups excluding carboxylic acids is 1. The fraction of sp³-hybridized carbons (Fsp3) is 0.300. The van der Waals surface area contributed by atoms with Crippen LogP contribution in [0.1, 0.15) is 18.9 Å². The second-order valence-corrected chi connectivity index (χ2v) is 7.84. The molecular weight excluding hydrogens is 388 g/mol. The largest absolute Gasteiger partial charge is 0.326 e. The number of para-hydroxylation sites is 2. The molecule has 9 heteroatoms. The number of imidazole rings is 1. The van der Waals surface area contributed by atoms with Crippen molar-refractivity contribution in [3.63, 3.8) is 0 Å². The molecule has 148 valence electrons. The van der Waals surface area contributed by atoms with Crippen molar-refractivity contribution in [1.82, 2.24) is 23.2 Å². The fourth-order valence-electron chi connectivity index (χ4n) is 4.07. The second-order valence-electron chi connectivity index (χ2n) is 7.31. The number of aromatic amines is 1. The van der Waals surface area contributed by atoms with E-state index < -0.39 is 0 Å². The summed E-state index contributed by atoms with van der Waals surface area (Å²) in [7, 11) is 0. The predicted molar refractivity (Wildman–Crippen MR) is 113 cm³/mol. The van der Waals surface area contributed by atoms with Gasteiger partial charge in [0, 0.05) is 19.1 Å². The van der Waals surface area contributed by atoms with E-state index in [-0.39, 0.29) is 17.6 Å². The second kappa shape index (κ2) is 7.41. The van der Waals surface area contributed by atoms with Gasteiger partial charge in [-0.3, -0.25) is 14.3 Å². The molecule has 1 fully saturated rings. The van der Waals surface area contributed by atoms with Gasteiger partial charge in [0.2, 0.25) is 5.91 Å². The van der Waals surface area contributed by atoms with Crippen molar-refractivity contribution in [3.05, 3.63) is 52.9 Å². The van der Waals surface area contributed by atoms with Crippen molar-refractivity contribution >= 4 is 45.4 Å². The van der Waals surface area contributed by atoms with Crippen LogP contribution < -0.4 is 11.0 Å². The lowest BCUT2D eigenvalue weighted by molar-refractivity contribution is -0.117. The molecule has 2 aromatic carbocycles. The number of hydrogen-bond donors (Lipinski definition) is 2. The minimum Gasteiger partial charge on any atom is -0.323 e. The third kappa shape index (κ3) is 3.43. The van der Waals surface area contributed by atoms with E-state index in [1.165, 1.54) is 0 Å². The SMILES string of the molecule is O=C(CN1CCC(n2c(=O)[nH]c3ccccc32)CC1)Nc1cccc2nsnc12. The quantitative estimate of drug-likeness (QED) is 0.541. The van der Waals surface area contributed by atoms with Crippen LogP contribution in [0.3, 0.4) is 0 Å². The van der Waals surface area contributed by atoms with Crippen molar-refractivity contribution in [1.29, 1.82) is 0 Å². The number of aromatic nitrogens is 4. The molecule has 0 unspecified atom stereocenters. The standard InChI is InChI=1S/C20H20N6O2S/c27-18(21-15-5-3-6-16-19(15)24-29-23-16)12-25-10-8-13(9-11-25)26-17-7-2-1-4-14(17)22-20(26)28/h1-7,13H,8-12H2,(H,21,27)(H,22,28). The van der Waals surface area contributed by atoms with Crippen molar-refractivity contribution in [2.45, 2.75) is 18.9 Å². The summed E-state index contributed by atoms with van der Waals surface area (Å²) >= 11 is 1.14. The first kappa shape index (κ1) is 18.0. The maximum absolute atomic E-state index is 12.5. The molecule has 8 nitrogen and oxygen atoms in total. The first-order valence-electron chi connectivity index (χ1n) is 9.62. The average molecular weight is 408 g/mol. The molecule has 29 heavy (non-hydrogen) atoms. The molecule has 5 rings (SSSR count). The lowest BCUT2D eigenvalue weighted by Gasteiger charge is -2.32. The van der Waals surface area contributed by atoms with E-state index in [2.05, 4.69) is 23.9 Å². The third-order valence-corrected chi connectivity index (χ3v) is 6.02. The van der Waals surface area contributed by atoms with Gasteiger partial charge < -0.3 is 10.3 Å². The summed E-state index contributed by atoms with van der Waals surface area (Å²) in [4.78, 5) is 30.0. The van der Waals surface area contributed by atoms with Gasteiger partial charge in [-0.25, -0.2) is 4.79 Å². The van der Waals surface area contributed by atoms with Crippen LogP contribution in [0.2, 0.25) is 0 Å². The number of amides is 1. The number of fused-ring (bicyclic) bond motifs is 2. The molecule has 0 bridgehead atoms. The Kier molecular flexibility index (Phi) is 4.61. The normalized spacial score (nSPS) is 15.9. The number of piperidine rings is 1. The van der Waals surface area contributed by atoms with Gasteiger partial charge in [-0.2, -0.15) is 8.75 Å². The summed E-state index contributed by atoms with van der Waals surface area (Å²) in [5, 5.41) is 2.95. The molecule has 0 atom stereocenters. The lowest BCUT2D eigenvalue weighted by atomic mass is 10.0. The van der Waals surface area contributed by atoms with Crippen LogP contribution in [-0.2, 0) is 4.79 Å². The summed E-state index contributed by atoms with van der Waals surface area (Å²) < 4.78 is 10.3. The number of nitrogens with zero attached hydrogens (tertiary/aromatic N) is 4. The molecule has 4 aromatic rings. The van der Waals surface area contributed by atoms with Gasteiger partial charge in [0.15, 0.2) is 0 Å². The Morgan fingerprint density at radius 1 is 1.14 bits per heavy atom. The van der Waals surface area contributed by atoms with E-state index in [0.717, 1.165) is 59.7 Å². The van der Waals surface area contributed by atoms with E-state index in [1.807, 2.05) is 47.0 Å². The highest BCUT2D eigenvalue weighted by Crippen LogP contribution is 2.25. The highest BCUT2D eigenvalue weighted by molar-refractivity contribution is 7.00. The minimum absolute atomic E-state index is 0.0618. The first-order valence-corrected chi connectivity index (χ1v) is 10.3. The maximum Gasteiger partial charge on any atom is 0.326 e. The highest BCUT2D eigenvalue weighted by atomic mass is 32.1. The number of nitrogens with one attached hydrogen (secondary N) is 2. The van der Waals surface area contributed by atoms with E-state index in [9.17, 15) is 9.59 Å². The van der Waals surface area contributed by atoms with Crippen molar-refractivity contribution in [2.24, 2.45) is 0 Å². The number of anilines is 1. The molecule has 0 saturated carbocycles. The zero-order valence-electron chi connectivity index (χ0n) is 15.7. The Morgan fingerprint density at radius 3 is 2.83 bits per heavy atom. The van der Waals surface area contributed by atoms with E-state index >= 15 is 0 Å². The Balaban J connectivity index is 1.23. The lowest BCUT2D eigenvalue weighted by Crippen LogP contribution is -2.41. The molecule has 1 aliphatic rings. The number of H-pyrrole nitrogens is 1. The summed E-state index contributed by atoms with van der Waals surface area (Å²) in [6, 6.07) is 13.5. The molecular formula is C20H20N6O2S. The minimum atomic E-state index is -0.0626. The van der Waals surface area contributed by atoms with Gasteiger partial charge >= 0.3 is 5.69 Å². The molecule has 1 saturated heterocycles. The molecule has 0 radical (unpaired) electrons. The maximum atomic E-state index is 12.5. The molecule has 1 amide bonds. The molecule has 0 spiro atoms. The first-order chi connectivity index (χ1) is 14.2. The summed E-state index contributed by atoms with van der Waals surface area (Å²) in [5.41, 5.74) is 3.96. The van der Waals surface area contributed by atoms with Crippen LogP contribution in [0.15, 0.2) is 47.3 Å². The summed E-state index contributed by atoms with van der Waals surface area (Å²) in [5.74, 6) is -0.0618. The van der Waals surface area contributed by atoms with Crippen molar-refractivity contribution < 1.29 is 4.79 Å². The Morgan fingerprint density at radius 2 is 1.97 bits per heavy atom.